The number of para-hydroxylation sites is 4. The maximum atomic E-state index is 9.31. The molecule has 1 heterocycles. The summed E-state index contributed by atoms with van der Waals surface area (Å²) in [4.78, 5) is 4.66. The number of benzene rings is 11. The number of rotatable bonds is 7. The van der Waals surface area contributed by atoms with E-state index < -0.39 is 11.5 Å². The molecule has 0 saturated heterocycles. The van der Waals surface area contributed by atoms with Crippen molar-refractivity contribution in [3.8, 4) is 44.5 Å². The number of anilines is 6. The summed E-state index contributed by atoms with van der Waals surface area (Å²) in [5.41, 5.74) is 21.8. The van der Waals surface area contributed by atoms with Crippen LogP contribution in [0.3, 0.4) is 0 Å². The highest BCUT2D eigenvalue weighted by Gasteiger charge is 2.52. The summed E-state index contributed by atoms with van der Waals surface area (Å²) in [7, 11) is 2.17. The van der Waals surface area contributed by atoms with Crippen LogP contribution in [0.15, 0.2) is 255 Å². The van der Waals surface area contributed by atoms with Gasteiger partial charge in [-0.3, -0.25) is 0 Å². The highest BCUT2D eigenvalue weighted by molar-refractivity contribution is 6.13. The molecule has 0 saturated carbocycles. The molecule has 0 bridgehead atoms. The summed E-state index contributed by atoms with van der Waals surface area (Å²) in [5, 5.41) is 2.41. The van der Waals surface area contributed by atoms with E-state index in [2.05, 4.69) is 235 Å². The first-order valence-electron chi connectivity index (χ1n) is 28.0. The van der Waals surface area contributed by atoms with Gasteiger partial charge < -0.3 is 14.4 Å². The molecule has 0 radical (unpaired) electrons. The zero-order chi connectivity index (χ0) is 53.6. The van der Waals surface area contributed by atoms with E-state index >= 15 is 0 Å². The third-order valence-electron chi connectivity index (χ3n) is 16.5. The van der Waals surface area contributed by atoms with Crippen LogP contribution in [-0.2, 0) is 17.9 Å². The van der Waals surface area contributed by atoms with Gasteiger partial charge in [-0.1, -0.05) is 202 Å². The van der Waals surface area contributed by atoms with Crippen LogP contribution < -0.4 is 9.80 Å². The van der Waals surface area contributed by atoms with Gasteiger partial charge in [0.15, 0.2) is 0 Å². The van der Waals surface area contributed by atoms with Crippen LogP contribution in [0, 0.1) is 0 Å². The minimum absolute atomic E-state index is 0.152. The fourth-order valence-corrected chi connectivity index (χ4v) is 13.3. The molecule has 3 nitrogen and oxygen atoms in total. The van der Waals surface area contributed by atoms with Gasteiger partial charge in [0.25, 0.3) is 0 Å². The molecule has 0 aliphatic heterocycles. The number of aryl methyl sites for hydroxylation is 1. The van der Waals surface area contributed by atoms with E-state index in [0.29, 0.717) is 11.3 Å². The normalized spacial score (nSPS) is 16.1. The van der Waals surface area contributed by atoms with Gasteiger partial charge >= 0.3 is 0 Å². The fourth-order valence-electron chi connectivity index (χ4n) is 13.3. The van der Waals surface area contributed by atoms with Gasteiger partial charge in [0, 0.05) is 57.1 Å². The van der Waals surface area contributed by atoms with E-state index in [-0.39, 0.29) is 35.1 Å². The zero-order valence-electron chi connectivity index (χ0n) is 46.2. The number of aromatic nitrogens is 1. The van der Waals surface area contributed by atoms with Crippen LogP contribution >= 0.6 is 0 Å². The van der Waals surface area contributed by atoms with Crippen LogP contribution in [0.1, 0.15) is 54.1 Å². The summed E-state index contributed by atoms with van der Waals surface area (Å²) in [6, 6.07) is 79.1. The van der Waals surface area contributed by atoms with Crippen molar-refractivity contribution < 1.29 is 6.85 Å². The summed E-state index contributed by atoms with van der Waals surface area (Å²) in [6.45, 7) is 4.57. The molecule has 3 aliphatic carbocycles. The van der Waals surface area contributed by atoms with Crippen LogP contribution in [0.2, 0.25) is 0 Å². The topological polar surface area (TPSA) is 11.4 Å². The van der Waals surface area contributed by atoms with Crippen molar-refractivity contribution in [2.45, 2.75) is 24.7 Å². The number of hydrogen-bond donors (Lipinski definition) is 0. The minimum atomic E-state index is -0.766. The molecule has 3 aliphatic rings. The average Bonchev–Trinajstić information content (AvgIpc) is 3.92. The van der Waals surface area contributed by atoms with Crippen LogP contribution in [-0.4, -0.2) is 4.57 Å². The van der Waals surface area contributed by atoms with Gasteiger partial charge in [0.2, 0.25) is 0 Å². The molecule has 12 aromatic rings. The predicted molar refractivity (Wildman–Crippen MR) is 309 cm³/mol. The highest BCUT2D eigenvalue weighted by atomic mass is 15.2. The molecule has 1 aromatic heterocycles. The molecule has 0 amide bonds. The molecule has 1 atom stereocenters. The molecule has 0 fully saturated rings. The Morgan fingerprint density at radius 1 is 0.365 bits per heavy atom. The van der Waals surface area contributed by atoms with Gasteiger partial charge in [-0.25, -0.2) is 0 Å². The van der Waals surface area contributed by atoms with E-state index in [9.17, 15) is 2.74 Å². The molecular weight excluding hydrogens is 895 g/mol. The highest BCUT2D eigenvalue weighted by Crippen LogP contribution is 2.64. The van der Waals surface area contributed by atoms with Crippen molar-refractivity contribution in [3.63, 3.8) is 0 Å². The Balaban J connectivity index is 1.000. The average molecular weight is 951 g/mol. The van der Waals surface area contributed by atoms with Gasteiger partial charge in [0.05, 0.1) is 29.2 Å². The fraction of sp³-hybridized carbons (Fsp3) is 0.0704. The second-order valence-corrected chi connectivity index (χ2v) is 20.5. The van der Waals surface area contributed by atoms with E-state index in [1.54, 1.807) is 0 Å². The summed E-state index contributed by atoms with van der Waals surface area (Å²) >= 11 is 0. The molecule has 74 heavy (non-hydrogen) atoms. The van der Waals surface area contributed by atoms with Crippen molar-refractivity contribution in [3.05, 3.63) is 288 Å². The first-order chi connectivity index (χ1) is 38.5. The van der Waals surface area contributed by atoms with E-state index in [0.717, 1.165) is 45.1 Å². The Morgan fingerprint density at radius 2 is 0.824 bits per heavy atom. The Kier molecular flexibility index (Phi) is 8.08. The maximum absolute atomic E-state index is 9.31. The molecule has 15 rings (SSSR count). The summed E-state index contributed by atoms with van der Waals surface area (Å²) < 4.78 is 47.1. The second kappa shape index (κ2) is 15.9. The third-order valence-corrected chi connectivity index (χ3v) is 16.5. The smallest absolute Gasteiger partial charge is 0.0733 e. The quantitative estimate of drug-likeness (QED) is 0.158. The van der Waals surface area contributed by atoms with Gasteiger partial charge in [0.1, 0.15) is 0 Å². The lowest BCUT2D eigenvalue weighted by Gasteiger charge is -2.34. The lowest BCUT2D eigenvalue weighted by molar-refractivity contribution is 0.660. The summed E-state index contributed by atoms with van der Waals surface area (Å²) in [6.07, 6.45) is 0. The van der Waals surface area contributed by atoms with Crippen molar-refractivity contribution in [2.75, 3.05) is 9.80 Å². The van der Waals surface area contributed by atoms with E-state index in [1.165, 1.54) is 71.9 Å². The molecule has 1 unspecified atom stereocenters. The van der Waals surface area contributed by atoms with E-state index in [4.69, 9.17) is 4.11 Å². The maximum Gasteiger partial charge on any atom is 0.0733 e. The van der Waals surface area contributed by atoms with E-state index in [1.807, 2.05) is 24.3 Å². The van der Waals surface area contributed by atoms with Crippen molar-refractivity contribution >= 4 is 55.9 Å². The lowest BCUT2D eigenvalue weighted by Crippen LogP contribution is -2.26. The van der Waals surface area contributed by atoms with Crippen molar-refractivity contribution in [2.24, 2.45) is 7.05 Å². The predicted octanol–water partition coefficient (Wildman–Crippen LogP) is 18.6. The van der Waals surface area contributed by atoms with Crippen molar-refractivity contribution in [1.82, 2.24) is 4.57 Å². The Labute approximate surface area is 439 Å². The minimum Gasteiger partial charge on any atom is -0.342 e. The largest absolute Gasteiger partial charge is 0.342 e. The van der Waals surface area contributed by atoms with Crippen LogP contribution in [0.5, 0.6) is 0 Å². The van der Waals surface area contributed by atoms with Gasteiger partial charge in [-0.2, -0.15) is 0 Å². The lowest BCUT2D eigenvalue weighted by atomic mass is 9.70. The molecule has 350 valence electrons. The number of fused-ring (bicyclic) bond motifs is 16. The molecule has 1 spiro atoms. The van der Waals surface area contributed by atoms with Gasteiger partial charge in [-0.15, -0.1) is 0 Å². The summed E-state index contributed by atoms with van der Waals surface area (Å²) in [5.74, 6) is 0. The first kappa shape index (κ1) is 37.6. The van der Waals surface area contributed by atoms with Crippen molar-refractivity contribution in [1.29, 1.82) is 0 Å². The molecule has 3 heteroatoms. The molecule has 0 N–H and O–H groups in total. The Morgan fingerprint density at radius 3 is 1.47 bits per heavy atom. The molecule has 11 aromatic carbocycles. The van der Waals surface area contributed by atoms with Crippen LogP contribution in [0.25, 0.3) is 66.3 Å². The zero-order valence-corrected chi connectivity index (χ0v) is 41.2. The second-order valence-electron chi connectivity index (χ2n) is 20.5. The Bertz CT molecular complexity index is 4530. The Hall–Kier alpha value is -9.18. The first-order valence-corrected chi connectivity index (χ1v) is 25.5. The standard InChI is InChI=1S/C71H51N3/c1-70(2)60-31-15-10-26-52(60)55-40-37-48(43-63(55)70)74(67-35-19-13-25-51(67)46-21-6-4-7-22-46)50-39-42-57-54-28-12-17-33-62(54)71(65(57)45-50)61-32-16-11-27-53(61)56-41-38-49(44-64(56)71)73(47-23-8-5-9-24-47)68-36-20-30-59-58-29-14-18-34-66(58)72(3)69(59)68/h4-45H,1-3H3/i4D,6D,7D,21D,22D. The number of nitrogens with zero attached hydrogens (tertiary/aromatic N) is 3. The van der Waals surface area contributed by atoms with Gasteiger partial charge in [-0.05, 0) is 139 Å². The van der Waals surface area contributed by atoms with Crippen LogP contribution in [0.4, 0.5) is 34.1 Å². The number of hydrogen-bond acceptors (Lipinski definition) is 2. The molecular formula is C71H51N3. The SMILES string of the molecule is [2H]c1c([2H])c([2H])c(-c2ccccc2N(c2ccc3c(c2)C(C)(C)c2ccccc2-3)c2ccc3c(c2)C2(c4ccccc4-3)c3ccccc3-c3ccc(N(c4ccccc4)c4cccc5c6ccccc6n(C)c45)cc32)c([2H])c1[2H]. The third kappa shape index (κ3) is 5.84. The monoisotopic (exact) mass is 950 g/mol.